The smallest absolute Gasteiger partial charge is 0.338 e. The molecule has 0 heterocycles. The van der Waals surface area contributed by atoms with Gasteiger partial charge in [0.1, 0.15) is 5.75 Å². The van der Waals surface area contributed by atoms with Crippen LogP contribution in [0.25, 0.3) is 0 Å². The van der Waals surface area contributed by atoms with Crippen molar-refractivity contribution >= 4 is 35.1 Å². The second kappa shape index (κ2) is 13.5. The van der Waals surface area contributed by atoms with Gasteiger partial charge in [-0.15, -0.1) is 0 Å². The number of esters is 2. The minimum atomic E-state index is -0.670. The van der Waals surface area contributed by atoms with Crippen LogP contribution in [0.2, 0.25) is 0 Å². The Kier molecular flexibility index (Phi) is 10.4. The van der Waals surface area contributed by atoms with Crippen molar-refractivity contribution in [2.45, 2.75) is 32.6 Å². The van der Waals surface area contributed by atoms with Crippen LogP contribution in [0.1, 0.15) is 43.0 Å². The first-order valence-corrected chi connectivity index (χ1v) is 10.6. The summed E-state index contributed by atoms with van der Waals surface area (Å²) in [6.45, 7) is 1.91. The standard InChI is InChI=1S/C24H28N2O7/c1-3-4-14-32-24(30)17-8-10-18(11-9-17)25-21(27)12-13-23(29)33-16-22(28)26-19-6-5-7-20(15-19)31-2/h5-11,15H,3-4,12-14,16H2,1-2H3,(H,25,27)(H,26,28). The highest BCUT2D eigenvalue weighted by Gasteiger charge is 2.12. The van der Waals surface area contributed by atoms with E-state index in [1.807, 2.05) is 6.92 Å². The van der Waals surface area contributed by atoms with Crippen LogP contribution < -0.4 is 15.4 Å². The van der Waals surface area contributed by atoms with Gasteiger partial charge in [0.25, 0.3) is 5.91 Å². The first-order chi connectivity index (χ1) is 15.9. The molecule has 0 radical (unpaired) electrons. The van der Waals surface area contributed by atoms with Gasteiger partial charge >= 0.3 is 11.9 Å². The molecule has 0 aliphatic heterocycles. The monoisotopic (exact) mass is 456 g/mol. The number of nitrogens with one attached hydrogen (secondary N) is 2. The maximum absolute atomic E-state index is 12.0. The first-order valence-electron chi connectivity index (χ1n) is 10.6. The molecular formula is C24H28N2O7. The molecule has 2 rings (SSSR count). The third kappa shape index (κ3) is 9.42. The van der Waals surface area contributed by atoms with Crippen LogP contribution in [0, 0.1) is 0 Å². The minimum Gasteiger partial charge on any atom is -0.497 e. The summed E-state index contributed by atoms with van der Waals surface area (Å²) in [4.78, 5) is 47.7. The first kappa shape index (κ1) is 25.4. The van der Waals surface area contributed by atoms with Gasteiger partial charge in [0.05, 0.1) is 25.7 Å². The molecule has 0 unspecified atom stereocenters. The molecular weight excluding hydrogens is 428 g/mol. The summed E-state index contributed by atoms with van der Waals surface area (Å²) in [6.07, 6.45) is 1.44. The number of anilines is 2. The molecule has 2 N–H and O–H groups in total. The lowest BCUT2D eigenvalue weighted by molar-refractivity contribution is -0.147. The van der Waals surface area contributed by atoms with E-state index in [1.54, 1.807) is 48.5 Å². The van der Waals surface area contributed by atoms with Crippen molar-refractivity contribution in [3.05, 3.63) is 54.1 Å². The average molecular weight is 456 g/mol. The Balaban J connectivity index is 1.68. The Bertz CT molecular complexity index is 958. The average Bonchev–Trinajstić information content (AvgIpc) is 2.82. The van der Waals surface area contributed by atoms with Crippen LogP contribution in [0.5, 0.6) is 5.75 Å². The lowest BCUT2D eigenvalue weighted by Crippen LogP contribution is -2.21. The van der Waals surface area contributed by atoms with Crippen molar-refractivity contribution in [1.29, 1.82) is 0 Å². The molecule has 0 aromatic heterocycles. The summed E-state index contributed by atoms with van der Waals surface area (Å²) >= 11 is 0. The maximum atomic E-state index is 12.0. The molecule has 0 aliphatic carbocycles. The van der Waals surface area contributed by atoms with E-state index >= 15 is 0 Å². The number of methoxy groups -OCH3 is 1. The van der Waals surface area contributed by atoms with Crippen LogP contribution in [0.3, 0.4) is 0 Å². The largest absolute Gasteiger partial charge is 0.497 e. The molecule has 0 bridgehead atoms. The minimum absolute atomic E-state index is 0.114. The molecule has 2 amide bonds. The predicted octanol–water partition coefficient (Wildman–Crippen LogP) is 3.55. The number of amides is 2. The van der Waals surface area contributed by atoms with Crippen molar-refractivity contribution in [1.82, 2.24) is 0 Å². The van der Waals surface area contributed by atoms with Gasteiger partial charge in [0.15, 0.2) is 6.61 Å². The van der Waals surface area contributed by atoms with Crippen LogP contribution in [-0.4, -0.2) is 44.1 Å². The van der Waals surface area contributed by atoms with Gasteiger partial charge in [-0.2, -0.15) is 0 Å². The van der Waals surface area contributed by atoms with Crippen LogP contribution in [0.4, 0.5) is 11.4 Å². The molecule has 0 saturated carbocycles. The van der Waals surface area contributed by atoms with Gasteiger partial charge in [0.2, 0.25) is 5.91 Å². The van der Waals surface area contributed by atoms with Crippen LogP contribution >= 0.6 is 0 Å². The molecule has 9 nitrogen and oxygen atoms in total. The fourth-order valence-electron chi connectivity index (χ4n) is 2.64. The number of rotatable bonds is 12. The summed E-state index contributed by atoms with van der Waals surface area (Å²) in [7, 11) is 1.51. The van der Waals surface area contributed by atoms with Crippen molar-refractivity contribution in [3.8, 4) is 5.75 Å². The third-order valence-corrected chi connectivity index (χ3v) is 4.41. The van der Waals surface area contributed by atoms with E-state index in [2.05, 4.69) is 10.6 Å². The molecule has 0 saturated heterocycles. The van der Waals surface area contributed by atoms with E-state index in [9.17, 15) is 19.2 Å². The molecule has 9 heteroatoms. The summed E-state index contributed by atoms with van der Waals surface area (Å²) in [6, 6.07) is 13.0. The second-order valence-corrected chi connectivity index (χ2v) is 7.06. The molecule has 0 fully saturated rings. The Morgan fingerprint density at radius 2 is 1.58 bits per heavy atom. The summed E-state index contributed by atoms with van der Waals surface area (Å²) in [5.41, 5.74) is 1.38. The summed E-state index contributed by atoms with van der Waals surface area (Å²) in [5, 5.41) is 5.22. The van der Waals surface area contributed by atoms with Gasteiger partial charge in [-0.25, -0.2) is 4.79 Å². The second-order valence-electron chi connectivity index (χ2n) is 7.06. The molecule has 0 aliphatic rings. The van der Waals surface area contributed by atoms with Crippen LogP contribution in [-0.2, 0) is 23.9 Å². The van der Waals surface area contributed by atoms with Gasteiger partial charge in [-0.05, 0) is 42.8 Å². The predicted molar refractivity (Wildman–Crippen MR) is 122 cm³/mol. The highest BCUT2D eigenvalue weighted by atomic mass is 16.5. The summed E-state index contributed by atoms with van der Waals surface area (Å²) in [5.74, 6) is -1.41. The highest BCUT2D eigenvalue weighted by Crippen LogP contribution is 2.16. The van der Waals surface area contributed by atoms with E-state index in [0.717, 1.165) is 12.8 Å². The van der Waals surface area contributed by atoms with Gasteiger partial charge in [0, 0.05) is 23.9 Å². The zero-order chi connectivity index (χ0) is 24.1. The fraction of sp³-hybridized carbons (Fsp3) is 0.333. The Labute approximate surface area is 192 Å². The number of carbonyl (C=O) groups is 4. The number of hydrogen-bond donors (Lipinski definition) is 2. The number of carbonyl (C=O) groups excluding carboxylic acids is 4. The van der Waals surface area contributed by atoms with Crippen molar-refractivity contribution in [2.24, 2.45) is 0 Å². The van der Waals surface area contributed by atoms with Crippen molar-refractivity contribution < 1.29 is 33.4 Å². The van der Waals surface area contributed by atoms with Gasteiger partial charge in [-0.1, -0.05) is 19.4 Å². The van der Waals surface area contributed by atoms with E-state index in [0.29, 0.717) is 29.3 Å². The topological polar surface area (TPSA) is 120 Å². The molecule has 0 atom stereocenters. The zero-order valence-electron chi connectivity index (χ0n) is 18.7. The van der Waals surface area contributed by atoms with Crippen molar-refractivity contribution in [3.63, 3.8) is 0 Å². The van der Waals surface area contributed by atoms with Gasteiger partial charge < -0.3 is 24.8 Å². The normalized spacial score (nSPS) is 10.1. The fourth-order valence-corrected chi connectivity index (χ4v) is 2.64. The molecule has 2 aromatic rings. The number of unbranched alkanes of at least 4 members (excludes halogenated alkanes) is 1. The molecule has 2 aromatic carbocycles. The number of benzene rings is 2. The Morgan fingerprint density at radius 3 is 2.27 bits per heavy atom. The molecule has 33 heavy (non-hydrogen) atoms. The number of ether oxygens (including phenoxy) is 3. The van der Waals surface area contributed by atoms with Gasteiger partial charge in [-0.3, -0.25) is 14.4 Å². The maximum Gasteiger partial charge on any atom is 0.338 e. The highest BCUT2D eigenvalue weighted by molar-refractivity contribution is 5.95. The lowest BCUT2D eigenvalue weighted by atomic mass is 10.2. The molecule has 0 spiro atoms. The van der Waals surface area contributed by atoms with E-state index in [1.165, 1.54) is 7.11 Å². The number of hydrogen-bond acceptors (Lipinski definition) is 7. The van der Waals surface area contributed by atoms with Crippen LogP contribution in [0.15, 0.2) is 48.5 Å². The third-order valence-electron chi connectivity index (χ3n) is 4.41. The quantitative estimate of drug-likeness (QED) is 0.370. The van der Waals surface area contributed by atoms with E-state index < -0.39 is 30.4 Å². The lowest BCUT2D eigenvalue weighted by Gasteiger charge is -2.08. The summed E-state index contributed by atoms with van der Waals surface area (Å²) < 4.78 is 15.1. The molecule has 176 valence electrons. The van der Waals surface area contributed by atoms with E-state index in [4.69, 9.17) is 14.2 Å². The zero-order valence-corrected chi connectivity index (χ0v) is 18.7. The Morgan fingerprint density at radius 1 is 0.848 bits per heavy atom. The SMILES string of the molecule is CCCCOC(=O)c1ccc(NC(=O)CCC(=O)OCC(=O)Nc2cccc(OC)c2)cc1. The Hall–Kier alpha value is -3.88. The van der Waals surface area contributed by atoms with Crippen molar-refractivity contribution in [2.75, 3.05) is 31.0 Å². The van der Waals surface area contributed by atoms with E-state index in [-0.39, 0.29) is 12.8 Å².